The first-order valence-corrected chi connectivity index (χ1v) is 10.0. The van der Waals surface area contributed by atoms with E-state index in [9.17, 15) is 8.42 Å². The second-order valence-corrected chi connectivity index (χ2v) is 9.01. The zero-order chi connectivity index (χ0) is 15.5. The van der Waals surface area contributed by atoms with Gasteiger partial charge in [0, 0.05) is 24.5 Å². The van der Waals surface area contributed by atoms with Crippen molar-refractivity contribution >= 4 is 21.4 Å². The molecule has 0 bridgehead atoms. The van der Waals surface area contributed by atoms with E-state index in [1.807, 2.05) is 19.9 Å². The fourth-order valence-corrected chi connectivity index (χ4v) is 5.76. The van der Waals surface area contributed by atoms with Crippen LogP contribution >= 0.6 is 11.3 Å². The van der Waals surface area contributed by atoms with Crippen molar-refractivity contribution in [3.8, 4) is 0 Å². The molecular formula is C15H26N2O2S2. The number of nitrogens with one attached hydrogen (secondary N) is 1. The van der Waals surface area contributed by atoms with Gasteiger partial charge in [-0.1, -0.05) is 20.3 Å². The lowest BCUT2D eigenvalue weighted by Crippen LogP contribution is -2.36. The Morgan fingerprint density at radius 2 is 2.10 bits per heavy atom. The highest BCUT2D eigenvalue weighted by Gasteiger charge is 2.30. The second kappa shape index (κ2) is 7.22. The molecule has 0 spiro atoms. The molecule has 1 aromatic rings. The Labute approximate surface area is 132 Å². The van der Waals surface area contributed by atoms with Gasteiger partial charge in [-0.2, -0.15) is 4.31 Å². The molecule has 21 heavy (non-hydrogen) atoms. The van der Waals surface area contributed by atoms with E-state index in [1.54, 1.807) is 4.31 Å². The Kier molecular flexibility index (Phi) is 5.82. The van der Waals surface area contributed by atoms with Gasteiger partial charge in [-0.05, 0) is 43.9 Å². The zero-order valence-electron chi connectivity index (χ0n) is 13.2. The summed E-state index contributed by atoms with van der Waals surface area (Å²) in [6.45, 7) is 8.84. The van der Waals surface area contributed by atoms with E-state index in [-0.39, 0.29) is 0 Å². The summed E-state index contributed by atoms with van der Waals surface area (Å²) in [4.78, 5) is 1.12. The maximum atomic E-state index is 12.8. The smallest absolute Gasteiger partial charge is 0.252 e. The number of hydrogen-bond acceptors (Lipinski definition) is 4. The minimum Gasteiger partial charge on any atom is -0.312 e. The van der Waals surface area contributed by atoms with Crippen molar-refractivity contribution in [2.24, 2.45) is 5.92 Å². The predicted molar refractivity (Wildman–Crippen MR) is 88.2 cm³/mol. The molecule has 1 heterocycles. The number of nitrogens with zero attached hydrogens (tertiary/aromatic N) is 1. The monoisotopic (exact) mass is 330 g/mol. The number of thiophene rings is 1. The van der Waals surface area contributed by atoms with Crippen molar-refractivity contribution < 1.29 is 8.42 Å². The van der Waals surface area contributed by atoms with Crippen LogP contribution in [0.15, 0.2) is 10.3 Å². The molecule has 2 rings (SSSR count). The van der Waals surface area contributed by atoms with Crippen molar-refractivity contribution in [2.75, 3.05) is 19.6 Å². The molecule has 0 atom stereocenters. The van der Waals surface area contributed by atoms with Crippen LogP contribution in [0.3, 0.4) is 0 Å². The normalized spacial score (nSPS) is 16.4. The third-order valence-electron chi connectivity index (χ3n) is 4.17. The summed E-state index contributed by atoms with van der Waals surface area (Å²) in [5.41, 5.74) is 1.07. The van der Waals surface area contributed by atoms with Gasteiger partial charge in [-0.3, -0.25) is 0 Å². The molecule has 1 aromatic heterocycles. The lowest BCUT2D eigenvalue weighted by Gasteiger charge is -2.30. The number of rotatable bonds is 8. The van der Waals surface area contributed by atoms with Gasteiger partial charge in [-0.15, -0.1) is 11.3 Å². The van der Waals surface area contributed by atoms with E-state index in [0.29, 0.717) is 23.2 Å². The van der Waals surface area contributed by atoms with Crippen LogP contribution in [-0.4, -0.2) is 32.4 Å². The summed E-state index contributed by atoms with van der Waals surface area (Å²) in [6, 6.07) is 1.83. The highest BCUT2D eigenvalue weighted by molar-refractivity contribution is 7.91. The fourth-order valence-electron chi connectivity index (χ4n) is 2.52. The van der Waals surface area contributed by atoms with Crippen LogP contribution in [0.2, 0.25) is 0 Å². The largest absolute Gasteiger partial charge is 0.312 e. The van der Waals surface area contributed by atoms with Crippen molar-refractivity contribution in [3.63, 3.8) is 0 Å². The van der Waals surface area contributed by atoms with Gasteiger partial charge >= 0.3 is 0 Å². The maximum absolute atomic E-state index is 12.8. The van der Waals surface area contributed by atoms with E-state index in [4.69, 9.17) is 0 Å². The average Bonchev–Trinajstić information content (AvgIpc) is 2.77. The number of hydrogen-bond donors (Lipinski definition) is 1. The molecule has 0 aromatic carbocycles. The SMILES string of the molecule is CCNCc1sc(S(=O)(=O)N(CC)CC2CCC2)cc1C. The molecule has 6 heteroatoms. The van der Waals surface area contributed by atoms with Gasteiger partial charge < -0.3 is 5.32 Å². The maximum Gasteiger partial charge on any atom is 0.252 e. The summed E-state index contributed by atoms with van der Waals surface area (Å²) in [5, 5.41) is 3.27. The zero-order valence-corrected chi connectivity index (χ0v) is 14.8. The molecule has 0 saturated heterocycles. The minimum absolute atomic E-state index is 0.495. The van der Waals surface area contributed by atoms with Crippen LogP contribution in [0.4, 0.5) is 0 Å². The van der Waals surface area contributed by atoms with Crippen LogP contribution in [-0.2, 0) is 16.6 Å². The molecule has 1 aliphatic carbocycles. The van der Waals surface area contributed by atoms with Crippen LogP contribution in [0, 0.1) is 12.8 Å². The quantitative estimate of drug-likeness (QED) is 0.797. The molecule has 1 fully saturated rings. The average molecular weight is 331 g/mol. The lowest BCUT2D eigenvalue weighted by molar-refractivity contribution is 0.250. The second-order valence-electron chi connectivity index (χ2n) is 5.70. The molecule has 0 amide bonds. The van der Waals surface area contributed by atoms with Gasteiger partial charge in [0.05, 0.1) is 0 Å². The van der Waals surface area contributed by atoms with Gasteiger partial charge in [0.2, 0.25) is 0 Å². The van der Waals surface area contributed by atoms with Gasteiger partial charge in [0.25, 0.3) is 10.0 Å². The predicted octanol–water partition coefficient (Wildman–Crippen LogP) is 2.98. The first-order valence-electron chi connectivity index (χ1n) is 7.79. The summed E-state index contributed by atoms with van der Waals surface area (Å²) in [6.07, 6.45) is 3.58. The molecule has 1 aliphatic rings. The first kappa shape index (κ1) is 16.9. The third-order valence-corrected chi connectivity index (χ3v) is 7.79. The van der Waals surface area contributed by atoms with E-state index >= 15 is 0 Å². The molecule has 0 radical (unpaired) electrons. The fraction of sp³-hybridized carbons (Fsp3) is 0.733. The van der Waals surface area contributed by atoms with Crippen molar-refractivity contribution in [3.05, 3.63) is 16.5 Å². The number of aryl methyl sites for hydroxylation is 1. The Balaban J connectivity index is 2.16. The van der Waals surface area contributed by atoms with Gasteiger partial charge in [0.15, 0.2) is 0 Å². The van der Waals surface area contributed by atoms with Crippen LogP contribution < -0.4 is 5.32 Å². The van der Waals surface area contributed by atoms with Crippen molar-refractivity contribution in [2.45, 2.75) is 50.8 Å². The molecule has 4 nitrogen and oxygen atoms in total. The standard InChI is InChI=1S/C15H26N2O2S2/c1-4-16-10-14-12(3)9-15(20-14)21(18,19)17(5-2)11-13-7-6-8-13/h9,13,16H,4-8,10-11H2,1-3H3. The van der Waals surface area contributed by atoms with Crippen LogP contribution in [0.1, 0.15) is 43.6 Å². The Morgan fingerprint density at radius 3 is 2.62 bits per heavy atom. The molecule has 0 unspecified atom stereocenters. The number of sulfonamides is 1. The molecule has 1 saturated carbocycles. The Morgan fingerprint density at radius 1 is 1.38 bits per heavy atom. The first-order chi connectivity index (χ1) is 9.98. The minimum atomic E-state index is -3.33. The van der Waals surface area contributed by atoms with E-state index in [0.717, 1.165) is 23.5 Å². The molecule has 1 N–H and O–H groups in total. The summed E-state index contributed by atoms with van der Waals surface area (Å²) in [7, 11) is -3.33. The lowest BCUT2D eigenvalue weighted by atomic mass is 9.85. The Bertz CT molecular complexity index is 562. The summed E-state index contributed by atoms with van der Waals surface area (Å²) < 4.78 is 27.7. The van der Waals surface area contributed by atoms with Gasteiger partial charge in [0.1, 0.15) is 4.21 Å². The van der Waals surface area contributed by atoms with Crippen LogP contribution in [0.5, 0.6) is 0 Å². The topological polar surface area (TPSA) is 49.4 Å². The van der Waals surface area contributed by atoms with E-state index in [2.05, 4.69) is 12.2 Å². The summed E-state index contributed by atoms with van der Waals surface area (Å²) >= 11 is 1.41. The Hall–Kier alpha value is -0.430. The third kappa shape index (κ3) is 3.86. The highest BCUT2D eigenvalue weighted by atomic mass is 32.2. The van der Waals surface area contributed by atoms with Crippen LogP contribution in [0.25, 0.3) is 0 Å². The van der Waals surface area contributed by atoms with Crippen molar-refractivity contribution in [1.82, 2.24) is 9.62 Å². The highest BCUT2D eigenvalue weighted by Crippen LogP contribution is 2.32. The summed E-state index contributed by atoms with van der Waals surface area (Å²) in [5.74, 6) is 0.557. The molecular weight excluding hydrogens is 304 g/mol. The van der Waals surface area contributed by atoms with E-state index < -0.39 is 10.0 Å². The van der Waals surface area contributed by atoms with E-state index in [1.165, 1.54) is 30.6 Å². The van der Waals surface area contributed by atoms with Crippen molar-refractivity contribution in [1.29, 1.82) is 0 Å². The molecule has 0 aliphatic heterocycles. The molecule has 120 valence electrons. The van der Waals surface area contributed by atoms with Gasteiger partial charge in [-0.25, -0.2) is 8.42 Å².